The Bertz CT molecular complexity index is 360. The van der Waals surface area contributed by atoms with Crippen molar-refractivity contribution in [1.82, 2.24) is 10.2 Å². The molecule has 0 fully saturated rings. The fraction of sp³-hybridized carbons (Fsp3) is 0.692. The summed E-state index contributed by atoms with van der Waals surface area (Å²) < 4.78 is 0.878. The molecule has 1 aliphatic heterocycles. The number of likely N-dealkylation sites (N-methyl/N-ethyl adjacent to an activating group) is 1. The van der Waals surface area contributed by atoms with Gasteiger partial charge in [-0.2, -0.15) is 0 Å². The van der Waals surface area contributed by atoms with Crippen LogP contribution in [0.25, 0.3) is 0 Å². The molecule has 1 unspecified atom stereocenters. The first-order valence-corrected chi connectivity index (χ1v) is 7.27. The van der Waals surface area contributed by atoms with E-state index in [9.17, 15) is 0 Å². The minimum absolute atomic E-state index is 0.501. The number of nitrogens with one attached hydrogen (secondary N) is 1. The zero-order chi connectivity index (χ0) is 13.5. The van der Waals surface area contributed by atoms with Gasteiger partial charge in [-0.3, -0.25) is 9.98 Å². The predicted molar refractivity (Wildman–Crippen MR) is 82.8 cm³/mol. The zero-order valence-electron chi connectivity index (χ0n) is 11.7. The molecule has 0 radical (unpaired) electrons. The highest BCUT2D eigenvalue weighted by Gasteiger charge is 2.21. The van der Waals surface area contributed by atoms with Gasteiger partial charge in [-0.1, -0.05) is 13.8 Å². The highest BCUT2D eigenvalue weighted by Crippen LogP contribution is 2.20. The Balaban J connectivity index is 2.84. The summed E-state index contributed by atoms with van der Waals surface area (Å²) in [6.07, 6.45) is 3.09. The number of hydrogen-bond donors (Lipinski definition) is 1. The molecule has 0 amide bonds. The second-order valence-electron chi connectivity index (χ2n) is 4.33. The van der Waals surface area contributed by atoms with Crippen molar-refractivity contribution >= 4 is 26.8 Å². The molecule has 18 heavy (non-hydrogen) atoms. The van der Waals surface area contributed by atoms with E-state index in [1.165, 1.54) is 0 Å². The first-order valence-electron chi connectivity index (χ1n) is 6.48. The third-order valence-electron chi connectivity index (χ3n) is 3.06. The molecule has 0 bridgehead atoms. The molecule has 1 atom stereocenters. The van der Waals surface area contributed by atoms with Crippen LogP contribution in [-0.4, -0.2) is 48.5 Å². The van der Waals surface area contributed by atoms with Crippen LogP contribution in [-0.2, 0) is 0 Å². The summed E-state index contributed by atoms with van der Waals surface area (Å²) >= 11 is 3.53. The minimum Gasteiger partial charge on any atom is -0.361 e. The van der Waals surface area contributed by atoms with Crippen LogP contribution in [0.1, 0.15) is 27.2 Å². The first kappa shape index (κ1) is 15.4. The Labute approximate surface area is 118 Å². The van der Waals surface area contributed by atoms with Crippen molar-refractivity contribution in [1.29, 1.82) is 0 Å². The van der Waals surface area contributed by atoms with Crippen LogP contribution in [0.4, 0.5) is 0 Å². The first-order chi connectivity index (χ1) is 8.63. The van der Waals surface area contributed by atoms with E-state index in [4.69, 9.17) is 0 Å². The topological polar surface area (TPSA) is 40.0 Å². The van der Waals surface area contributed by atoms with Gasteiger partial charge in [0.15, 0.2) is 0 Å². The summed E-state index contributed by atoms with van der Waals surface area (Å²) in [5.41, 5.74) is 2.13. The van der Waals surface area contributed by atoms with Gasteiger partial charge in [0.2, 0.25) is 0 Å². The molecule has 0 saturated heterocycles. The van der Waals surface area contributed by atoms with Crippen LogP contribution in [0.3, 0.4) is 0 Å². The van der Waals surface area contributed by atoms with Gasteiger partial charge < -0.3 is 10.2 Å². The van der Waals surface area contributed by atoms with Gasteiger partial charge in [-0.25, -0.2) is 0 Å². The van der Waals surface area contributed by atoms with Gasteiger partial charge in [-0.05, 0) is 35.8 Å². The van der Waals surface area contributed by atoms with Crippen molar-refractivity contribution in [2.24, 2.45) is 9.98 Å². The van der Waals surface area contributed by atoms with Gasteiger partial charge in [0.25, 0.3) is 0 Å². The highest BCUT2D eigenvalue weighted by molar-refractivity contribution is 9.18. The SMILES string of the molecule is CCNC(CC)CN1CC=NC(C)=C1C(Br)=NC. The quantitative estimate of drug-likeness (QED) is 0.765. The molecule has 0 aromatic heterocycles. The maximum absolute atomic E-state index is 4.39. The molecular formula is C13H23BrN4. The summed E-state index contributed by atoms with van der Waals surface area (Å²) in [5.74, 6) is 0. The monoisotopic (exact) mass is 314 g/mol. The summed E-state index contributed by atoms with van der Waals surface area (Å²) in [6, 6.07) is 0.501. The van der Waals surface area contributed by atoms with Crippen molar-refractivity contribution in [3.05, 3.63) is 11.4 Å². The summed E-state index contributed by atoms with van der Waals surface area (Å²) in [6.45, 7) is 9.21. The molecule has 102 valence electrons. The van der Waals surface area contributed by atoms with Gasteiger partial charge in [0, 0.05) is 25.8 Å². The van der Waals surface area contributed by atoms with Crippen LogP contribution < -0.4 is 5.32 Å². The second-order valence-corrected chi connectivity index (χ2v) is 5.08. The predicted octanol–water partition coefficient (Wildman–Crippen LogP) is 2.42. The van der Waals surface area contributed by atoms with E-state index in [2.05, 4.69) is 50.0 Å². The lowest BCUT2D eigenvalue weighted by Gasteiger charge is -2.32. The van der Waals surface area contributed by atoms with E-state index in [0.29, 0.717) is 6.04 Å². The second kappa shape index (κ2) is 7.69. The molecule has 0 aliphatic carbocycles. The molecule has 4 nitrogen and oxygen atoms in total. The average Bonchev–Trinajstić information content (AvgIpc) is 2.37. The minimum atomic E-state index is 0.501. The standard InChI is InChI=1S/C13H23BrN4/c1-5-11(16-6-2)9-18-8-7-17-10(3)12(18)13(14)15-4/h7,11,16H,5-6,8-9H2,1-4H3. The van der Waals surface area contributed by atoms with Crippen molar-refractivity contribution in [2.45, 2.75) is 33.2 Å². The lowest BCUT2D eigenvalue weighted by Crippen LogP contribution is -2.43. The van der Waals surface area contributed by atoms with Crippen LogP contribution >= 0.6 is 15.9 Å². The Morgan fingerprint density at radius 1 is 1.61 bits per heavy atom. The van der Waals surface area contributed by atoms with Crippen LogP contribution in [0.15, 0.2) is 21.4 Å². The number of hydrogen-bond acceptors (Lipinski definition) is 4. The fourth-order valence-electron chi connectivity index (χ4n) is 2.10. The molecule has 0 spiro atoms. The van der Waals surface area contributed by atoms with Crippen LogP contribution in [0, 0.1) is 0 Å². The van der Waals surface area contributed by atoms with E-state index < -0.39 is 0 Å². The number of aliphatic imine (C=N–C) groups is 2. The molecule has 1 rings (SSSR count). The molecular weight excluding hydrogens is 292 g/mol. The summed E-state index contributed by atoms with van der Waals surface area (Å²) in [4.78, 5) is 11.0. The zero-order valence-corrected chi connectivity index (χ0v) is 13.3. The van der Waals surface area contributed by atoms with Crippen molar-refractivity contribution in [3.63, 3.8) is 0 Å². The molecule has 1 N–H and O–H groups in total. The van der Waals surface area contributed by atoms with E-state index >= 15 is 0 Å². The van der Waals surface area contributed by atoms with Crippen LogP contribution in [0.2, 0.25) is 0 Å². The van der Waals surface area contributed by atoms with E-state index in [1.54, 1.807) is 7.05 Å². The fourth-order valence-corrected chi connectivity index (χ4v) is 2.64. The van der Waals surface area contributed by atoms with E-state index in [1.807, 2.05) is 13.1 Å². The highest BCUT2D eigenvalue weighted by atomic mass is 79.9. The van der Waals surface area contributed by atoms with E-state index in [-0.39, 0.29) is 0 Å². The van der Waals surface area contributed by atoms with Crippen LogP contribution in [0.5, 0.6) is 0 Å². The van der Waals surface area contributed by atoms with Gasteiger partial charge in [0.05, 0.1) is 17.9 Å². The maximum Gasteiger partial charge on any atom is 0.125 e. The van der Waals surface area contributed by atoms with Gasteiger partial charge in [-0.15, -0.1) is 0 Å². The molecule has 5 heteroatoms. The molecule has 0 aromatic carbocycles. The van der Waals surface area contributed by atoms with Gasteiger partial charge in [0.1, 0.15) is 4.62 Å². The Morgan fingerprint density at radius 2 is 2.33 bits per heavy atom. The van der Waals surface area contributed by atoms with Gasteiger partial charge >= 0.3 is 0 Å². The normalized spacial score (nSPS) is 18.5. The molecule has 1 aliphatic rings. The molecule has 1 heterocycles. The van der Waals surface area contributed by atoms with Crippen molar-refractivity contribution < 1.29 is 0 Å². The molecule has 0 saturated carbocycles. The average molecular weight is 315 g/mol. The van der Waals surface area contributed by atoms with E-state index in [0.717, 1.165) is 42.1 Å². The number of halogens is 1. The van der Waals surface area contributed by atoms with Crippen molar-refractivity contribution in [3.8, 4) is 0 Å². The number of nitrogens with zero attached hydrogens (tertiary/aromatic N) is 3. The smallest absolute Gasteiger partial charge is 0.125 e. The summed E-state index contributed by atoms with van der Waals surface area (Å²) in [5, 5.41) is 3.51. The van der Waals surface area contributed by atoms with Crippen molar-refractivity contribution in [2.75, 3.05) is 26.7 Å². The Morgan fingerprint density at radius 3 is 2.89 bits per heavy atom. The number of allylic oxidation sites excluding steroid dienone is 2. The Kier molecular flexibility index (Phi) is 6.57. The third-order valence-corrected chi connectivity index (χ3v) is 3.79. The lowest BCUT2D eigenvalue weighted by molar-refractivity contribution is 0.333. The lowest BCUT2D eigenvalue weighted by atomic mass is 10.1. The molecule has 0 aromatic rings. The largest absolute Gasteiger partial charge is 0.361 e. The summed E-state index contributed by atoms with van der Waals surface area (Å²) in [7, 11) is 1.79. The Hall–Kier alpha value is -0.680. The third kappa shape index (κ3) is 3.92. The number of rotatable bonds is 6. The maximum atomic E-state index is 4.39.